The van der Waals surface area contributed by atoms with Crippen molar-refractivity contribution >= 4 is 5.78 Å². The molecule has 1 aromatic rings. The van der Waals surface area contributed by atoms with Gasteiger partial charge in [0.05, 0.1) is 6.04 Å². The Balaban J connectivity index is 1.95. The zero-order valence-electron chi connectivity index (χ0n) is 11.6. The minimum atomic E-state index is -0.726. The average Bonchev–Trinajstić information content (AvgIpc) is 2.80. The minimum Gasteiger partial charge on any atom is -0.485 e. The molecule has 2 heterocycles. The molecule has 0 spiro atoms. The maximum atomic E-state index is 11.3. The van der Waals surface area contributed by atoms with Gasteiger partial charge in [-0.05, 0) is 26.3 Å². The van der Waals surface area contributed by atoms with Crippen molar-refractivity contribution in [3.63, 3.8) is 0 Å². The van der Waals surface area contributed by atoms with Gasteiger partial charge in [-0.15, -0.1) is 0 Å². The summed E-state index contributed by atoms with van der Waals surface area (Å²) in [5, 5.41) is 13.8. The third-order valence-electron chi connectivity index (χ3n) is 3.86. The Morgan fingerprint density at radius 3 is 2.95 bits per heavy atom. The Morgan fingerprint density at radius 1 is 1.45 bits per heavy atom. The maximum Gasteiger partial charge on any atom is 0.157 e. The lowest BCUT2D eigenvalue weighted by molar-refractivity contribution is -0.114. The predicted molar refractivity (Wildman–Crippen MR) is 73.2 cm³/mol. The van der Waals surface area contributed by atoms with Crippen molar-refractivity contribution in [3.8, 4) is 5.75 Å². The molecular formula is C15H18N2O3. The van der Waals surface area contributed by atoms with Crippen LogP contribution in [0.4, 0.5) is 0 Å². The van der Waals surface area contributed by atoms with Crippen LogP contribution in [-0.2, 0) is 4.79 Å². The summed E-state index contributed by atoms with van der Waals surface area (Å²) < 4.78 is 5.83. The minimum absolute atomic E-state index is 0.125. The first-order chi connectivity index (χ1) is 9.47. The van der Waals surface area contributed by atoms with Crippen molar-refractivity contribution in [2.45, 2.75) is 44.4 Å². The SMILES string of the molecule is CC1(C)Oc2ccncc2[C@H](NC2=CC(=O)CC2)[C@H]1O. The molecule has 0 saturated heterocycles. The first kappa shape index (κ1) is 13.1. The van der Waals surface area contributed by atoms with Crippen LogP contribution in [0.2, 0.25) is 0 Å². The summed E-state index contributed by atoms with van der Waals surface area (Å²) in [6, 6.07) is 1.48. The van der Waals surface area contributed by atoms with Crippen molar-refractivity contribution in [2.75, 3.05) is 0 Å². The molecule has 2 N–H and O–H groups in total. The molecular weight excluding hydrogens is 256 g/mol. The van der Waals surface area contributed by atoms with Gasteiger partial charge in [-0.1, -0.05) is 0 Å². The molecule has 0 bridgehead atoms. The summed E-state index contributed by atoms with van der Waals surface area (Å²) in [6.07, 6.45) is 5.48. The number of carbonyl (C=O) groups is 1. The largest absolute Gasteiger partial charge is 0.485 e. The number of rotatable bonds is 2. The first-order valence-corrected chi connectivity index (χ1v) is 6.78. The Hall–Kier alpha value is -1.88. The van der Waals surface area contributed by atoms with Crippen LogP contribution in [0.25, 0.3) is 0 Å². The van der Waals surface area contributed by atoms with Gasteiger partial charge in [0.1, 0.15) is 17.5 Å². The number of nitrogens with zero attached hydrogens (tertiary/aromatic N) is 1. The number of fused-ring (bicyclic) bond motifs is 1. The van der Waals surface area contributed by atoms with Crippen LogP contribution in [0.1, 0.15) is 38.3 Å². The lowest BCUT2D eigenvalue weighted by Gasteiger charge is -2.42. The molecule has 1 aliphatic carbocycles. The molecule has 0 saturated carbocycles. The molecule has 5 heteroatoms. The van der Waals surface area contributed by atoms with Crippen LogP contribution in [0.15, 0.2) is 30.2 Å². The molecule has 2 aliphatic rings. The highest BCUT2D eigenvalue weighted by atomic mass is 16.5. The molecule has 0 amide bonds. The predicted octanol–water partition coefficient (Wildman–Crippen LogP) is 1.49. The lowest BCUT2D eigenvalue weighted by atomic mass is 9.87. The van der Waals surface area contributed by atoms with E-state index in [0.29, 0.717) is 12.8 Å². The standard InChI is InChI=1S/C15H18N2O3/c1-15(2)14(19)13(17-9-3-4-10(18)7-9)11-8-16-6-5-12(11)20-15/h5-8,13-14,17,19H,3-4H2,1-2H3/t13-,14+/m0/s1. The van der Waals surface area contributed by atoms with Crippen molar-refractivity contribution < 1.29 is 14.6 Å². The van der Waals surface area contributed by atoms with E-state index in [0.717, 1.165) is 17.0 Å². The third kappa shape index (κ3) is 2.18. The highest BCUT2D eigenvalue weighted by molar-refractivity contribution is 5.92. The number of nitrogens with one attached hydrogen (secondary N) is 1. The maximum absolute atomic E-state index is 11.3. The molecule has 3 rings (SSSR count). The second kappa shape index (κ2) is 4.59. The second-order valence-corrected chi connectivity index (χ2v) is 5.82. The van der Waals surface area contributed by atoms with Gasteiger partial charge in [-0.25, -0.2) is 0 Å². The van der Waals surface area contributed by atoms with Crippen molar-refractivity contribution in [2.24, 2.45) is 0 Å². The topological polar surface area (TPSA) is 71.5 Å². The normalized spacial score (nSPS) is 27.6. The van der Waals surface area contributed by atoms with Gasteiger partial charge >= 0.3 is 0 Å². The molecule has 0 fully saturated rings. The fourth-order valence-electron chi connectivity index (χ4n) is 2.70. The van der Waals surface area contributed by atoms with Crippen molar-refractivity contribution in [1.29, 1.82) is 0 Å². The fraction of sp³-hybridized carbons (Fsp3) is 0.467. The number of hydrogen-bond donors (Lipinski definition) is 2. The van der Waals surface area contributed by atoms with E-state index < -0.39 is 11.7 Å². The summed E-state index contributed by atoms with van der Waals surface area (Å²) in [4.78, 5) is 15.4. The van der Waals surface area contributed by atoms with E-state index in [1.54, 1.807) is 24.5 Å². The zero-order valence-corrected chi connectivity index (χ0v) is 11.6. The molecule has 106 valence electrons. The van der Waals surface area contributed by atoms with E-state index in [1.807, 2.05) is 13.8 Å². The van der Waals surface area contributed by atoms with Gasteiger partial charge in [-0.3, -0.25) is 9.78 Å². The highest BCUT2D eigenvalue weighted by Gasteiger charge is 2.43. The molecule has 1 aliphatic heterocycles. The number of carbonyl (C=O) groups excluding carboxylic acids is 1. The number of ether oxygens (including phenoxy) is 1. The Bertz CT molecular complexity index is 580. The number of aliphatic hydroxyl groups is 1. The molecule has 2 atom stereocenters. The van der Waals surface area contributed by atoms with Crippen LogP contribution in [0.3, 0.4) is 0 Å². The highest BCUT2D eigenvalue weighted by Crippen LogP contribution is 2.39. The quantitative estimate of drug-likeness (QED) is 0.855. The van der Waals surface area contributed by atoms with Crippen molar-refractivity contribution in [1.82, 2.24) is 10.3 Å². The summed E-state index contributed by atoms with van der Waals surface area (Å²) in [7, 11) is 0. The Kier molecular flexibility index (Phi) is 3.01. The number of aliphatic hydroxyl groups excluding tert-OH is 1. The third-order valence-corrected chi connectivity index (χ3v) is 3.86. The fourth-order valence-corrected chi connectivity index (χ4v) is 2.70. The van der Waals surface area contributed by atoms with E-state index in [-0.39, 0.29) is 11.8 Å². The summed E-state index contributed by atoms with van der Waals surface area (Å²) in [5.74, 6) is 0.845. The molecule has 0 radical (unpaired) electrons. The molecule has 0 aromatic carbocycles. The van der Waals surface area contributed by atoms with Crippen LogP contribution in [0, 0.1) is 0 Å². The van der Waals surface area contributed by atoms with Gasteiger partial charge in [-0.2, -0.15) is 0 Å². The first-order valence-electron chi connectivity index (χ1n) is 6.78. The summed E-state index contributed by atoms with van der Waals surface area (Å²) >= 11 is 0. The van der Waals surface area contributed by atoms with Crippen LogP contribution >= 0.6 is 0 Å². The van der Waals surface area contributed by atoms with E-state index >= 15 is 0 Å². The number of hydrogen-bond acceptors (Lipinski definition) is 5. The van der Waals surface area contributed by atoms with E-state index in [1.165, 1.54) is 0 Å². The average molecular weight is 274 g/mol. The van der Waals surface area contributed by atoms with Gasteiger partial charge in [0.15, 0.2) is 5.78 Å². The van der Waals surface area contributed by atoms with Gasteiger partial charge in [0, 0.05) is 36.2 Å². The number of ketones is 1. The molecule has 5 nitrogen and oxygen atoms in total. The van der Waals surface area contributed by atoms with Gasteiger partial charge in [0.25, 0.3) is 0 Å². The Labute approximate surface area is 117 Å². The van der Waals surface area contributed by atoms with Crippen molar-refractivity contribution in [3.05, 3.63) is 35.8 Å². The molecule has 1 aromatic heterocycles. The van der Waals surface area contributed by atoms with Crippen LogP contribution in [-0.4, -0.2) is 27.6 Å². The molecule has 20 heavy (non-hydrogen) atoms. The van der Waals surface area contributed by atoms with Crippen LogP contribution in [0.5, 0.6) is 5.75 Å². The molecule has 0 unspecified atom stereocenters. The summed E-state index contributed by atoms with van der Waals surface area (Å²) in [6.45, 7) is 3.70. The number of allylic oxidation sites excluding steroid dienone is 2. The lowest BCUT2D eigenvalue weighted by Crippen LogP contribution is -2.52. The van der Waals surface area contributed by atoms with E-state index in [2.05, 4.69) is 10.3 Å². The Morgan fingerprint density at radius 2 is 2.25 bits per heavy atom. The smallest absolute Gasteiger partial charge is 0.157 e. The zero-order chi connectivity index (χ0) is 14.3. The second-order valence-electron chi connectivity index (χ2n) is 5.82. The van der Waals surface area contributed by atoms with Crippen LogP contribution < -0.4 is 10.1 Å². The van der Waals surface area contributed by atoms with Gasteiger partial charge in [0.2, 0.25) is 0 Å². The van der Waals surface area contributed by atoms with Gasteiger partial charge < -0.3 is 15.2 Å². The van der Waals surface area contributed by atoms with E-state index in [4.69, 9.17) is 4.74 Å². The monoisotopic (exact) mass is 274 g/mol. The van der Waals surface area contributed by atoms with E-state index in [9.17, 15) is 9.90 Å². The summed E-state index contributed by atoms with van der Waals surface area (Å²) in [5.41, 5.74) is 0.987. The number of pyridine rings is 1. The number of aromatic nitrogens is 1.